The molecule has 3 aromatic rings. The maximum atomic E-state index is 5.94. The smallest absolute Gasteiger partial charge is 0.158 e. The van der Waals surface area contributed by atoms with Crippen LogP contribution in [0.5, 0.6) is 5.75 Å². The van der Waals surface area contributed by atoms with Crippen LogP contribution in [-0.2, 0) is 4.84 Å². The summed E-state index contributed by atoms with van der Waals surface area (Å²) in [7, 11) is 6.04. The Labute approximate surface area is 207 Å². The largest absolute Gasteiger partial charge is 0.494 e. The molecule has 0 spiro atoms. The zero-order valence-corrected chi connectivity index (χ0v) is 20.7. The molecule has 0 unspecified atom stereocenters. The van der Waals surface area contributed by atoms with Crippen LogP contribution in [0.4, 0.5) is 23.0 Å². The van der Waals surface area contributed by atoms with Gasteiger partial charge in [-0.3, -0.25) is 4.84 Å². The van der Waals surface area contributed by atoms with Gasteiger partial charge in [0.2, 0.25) is 0 Å². The molecule has 0 bridgehead atoms. The van der Waals surface area contributed by atoms with Crippen LogP contribution in [-0.4, -0.2) is 61.8 Å². The lowest BCUT2D eigenvalue weighted by Crippen LogP contribution is -2.41. The van der Waals surface area contributed by atoms with Gasteiger partial charge in [0.1, 0.15) is 17.9 Å². The molecule has 3 heterocycles. The predicted molar refractivity (Wildman–Crippen MR) is 139 cm³/mol. The fourth-order valence-electron chi connectivity index (χ4n) is 4.97. The van der Waals surface area contributed by atoms with Gasteiger partial charge in [-0.15, -0.1) is 0 Å². The minimum atomic E-state index is 0.129. The zero-order chi connectivity index (χ0) is 24.2. The lowest BCUT2D eigenvalue weighted by Gasteiger charge is -2.36. The third-order valence-electron chi connectivity index (χ3n) is 6.98. The van der Waals surface area contributed by atoms with E-state index in [1.165, 1.54) is 24.1 Å². The van der Waals surface area contributed by atoms with Crippen LogP contribution >= 0.6 is 0 Å². The second kappa shape index (κ2) is 10.5. The van der Waals surface area contributed by atoms with Crippen molar-refractivity contribution >= 4 is 23.0 Å². The van der Waals surface area contributed by atoms with E-state index in [0.717, 1.165) is 36.8 Å². The summed E-state index contributed by atoms with van der Waals surface area (Å²) < 4.78 is 5.74. The average Bonchev–Trinajstić information content (AvgIpc) is 3.40. The van der Waals surface area contributed by atoms with Gasteiger partial charge in [0, 0.05) is 43.4 Å². The monoisotopic (exact) mass is 474 g/mol. The molecule has 1 aromatic heterocycles. The van der Waals surface area contributed by atoms with Gasteiger partial charge in [0.25, 0.3) is 0 Å². The summed E-state index contributed by atoms with van der Waals surface area (Å²) in [5.74, 6) is 2.21. The van der Waals surface area contributed by atoms with Gasteiger partial charge in [-0.1, -0.05) is 30.3 Å². The van der Waals surface area contributed by atoms with Crippen molar-refractivity contribution in [1.82, 2.24) is 14.9 Å². The van der Waals surface area contributed by atoms with Crippen molar-refractivity contribution in [1.29, 1.82) is 0 Å². The molecule has 2 saturated heterocycles. The summed E-state index contributed by atoms with van der Waals surface area (Å²) in [6, 6.07) is 19.4. The number of aromatic nitrogens is 2. The first-order valence-electron chi connectivity index (χ1n) is 12.3. The molecule has 5 rings (SSSR count). The molecule has 0 aliphatic carbocycles. The molecule has 184 valence electrons. The molecule has 2 aliphatic heterocycles. The van der Waals surface area contributed by atoms with Crippen molar-refractivity contribution in [3.05, 3.63) is 66.5 Å². The van der Waals surface area contributed by atoms with E-state index in [1.54, 1.807) is 13.4 Å². The zero-order valence-electron chi connectivity index (χ0n) is 20.7. The summed E-state index contributed by atoms with van der Waals surface area (Å²) >= 11 is 0. The number of hydroxylamine groups is 1. The van der Waals surface area contributed by atoms with Crippen LogP contribution < -0.4 is 20.0 Å². The third kappa shape index (κ3) is 5.18. The Kier molecular flexibility index (Phi) is 7.01. The van der Waals surface area contributed by atoms with Gasteiger partial charge < -0.3 is 19.9 Å². The van der Waals surface area contributed by atoms with Gasteiger partial charge in [0.15, 0.2) is 5.82 Å². The molecule has 35 heavy (non-hydrogen) atoms. The topological polar surface area (TPSA) is 66.0 Å². The highest BCUT2D eigenvalue weighted by Gasteiger charge is 2.29. The predicted octanol–water partition coefficient (Wildman–Crippen LogP) is 4.64. The third-order valence-corrected chi connectivity index (χ3v) is 6.98. The Balaban J connectivity index is 1.31. The summed E-state index contributed by atoms with van der Waals surface area (Å²) in [6.45, 7) is 2.76. The van der Waals surface area contributed by atoms with Crippen LogP contribution in [0.15, 0.2) is 60.9 Å². The van der Waals surface area contributed by atoms with Gasteiger partial charge in [0.05, 0.1) is 25.4 Å². The Bertz CT molecular complexity index is 1120. The Morgan fingerprint density at radius 1 is 1.00 bits per heavy atom. The van der Waals surface area contributed by atoms with Crippen LogP contribution in [0.1, 0.15) is 30.9 Å². The van der Waals surface area contributed by atoms with Crippen LogP contribution in [0.25, 0.3) is 0 Å². The molecule has 0 radical (unpaired) electrons. The summed E-state index contributed by atoms with van der Waals surface area (Å²) in [4.78, 5) is 19.6. The molecule has 8 heteroatoms. The van der Waals surface area contributed by atoms with E-state index in [1.807, 2.05) is 17.2 Å². The van der Waals surface area contributed by atoms with Crippen molar-refractivity contribution in [3.8, 4) is 5.75 Å². The Morgan fingerprint density at radius 3 is 2.54 bits per heavy atom. The number of methoxy groups -OCH3 is 1. The first-order chi connectivity index (χ1) is 17.1. The highest BCUT2D eigenvalue weighted by atomic mass is 16.7. The molecule has 0 saturated carbocycles. The van der Waals surface area contributed by atoms with Crippen LogP contribution in [0, 0.1) is 0 Å². The lowest BCUT2D eigenvalue weighted by atomic mass is 10.0. The van der Waals surface area contributed by atoms with E-state index >= 15 is 0 Å². The molecule has 1 atom stereocenters. The standard InChI is InChI=1S/C27H34N6O2/c1-31(2)21-11-14-32(15-12-21)22-9-10-23(25(17-22)34-3)30-26-18-27(29-19-28-26)33-24(13-16-35-33)20-7-5-4-6-8-20/h4-10,17-19,21,24H,11-16H2,1-3H3,(H,28,29,30)/t24-/m1/s1. The number of anilines is 4. The summed E-state index contributed by atoms with van der Waals surface area (Å²) in [5, 5.41) is 5.30. The molecule has 1 N–H and O–H groups in total. The normalized spacial score (nSPS) is 18.8. The fourth-order valence-corrected chi connectivity index (χ4v) is 4.97. The number of hydrogen-bond donors (Lipinski definition) is 1. The minimum absolute atomic E-state index is 0.129. The van der Waals surface area contributed by atoms with Crippen LogP contribution in [0.2, 0.25) is 0 Å². The van der Waals surface area contributed by atoms with E-state index in [4.69, 9.17) is 9.57 Å². The van der Waals surface area contributed by atoms with Gasteiger partial charge in [-0.25, -0.2) is 15.0 Å². The van der Waals surface area contributed by atoms with Gasteiger partial charge >= 0.3 is 0 Å². The number of piperidine rings is 1. The minimum Gasteiger partial charge on any atom is -0.494 e. The second-order valence-corrected chi connectivity index (χ2v) is 9.33. The van der Waals surface area contributed by atoms with E-state index < -0.39 is 0 Å². The molecular formula is C27H34N6O2. The number of benzene rings is 2. The van der Waals surface area contributed by atoms with Gasteiger partial charge in [-0.05, 0) is 44.6 Å². The van der Waals surface area contributed by atoms with Crippen molar-refractivity contribution in [3.63, 3.8) is 0 Å². The first-order valence-corrected chi connectivity index (χ1v) is 12.3. The number of nitrogens with zero attached hydrogens (tertiary/aromatic N) is 5. The Morgan fingerprint density at radius 2 is 1.80 bits per heavy atom. The first kappa shape index (κ1) is 23.4. The van der Waals surface area contributed by atoms with E-state index in [-0.39, 0.29) is 6.04 Å². The average molecular weight is 475 g/mol. The molecule has 8 nitrogen and oxygen atoms in total. The van der Waals surface area contributed by atoms with Crippen LogP contribution in [0.3, 0.4) is 0 Å². The maximum Gasteiger partial charge on any atom is 0.158 e. The highest BCUT2D eigenvalue weighted by molar-refractivity contribution is 5.70. The number of nitrogens with one attached hydrogen (secondary N) is 1. The SMILES string of the molecule is COc1cc(N2CCC(N(C)C)CC2)ccc1Nc1cc(N2OCC[C@@H]2c2ccccc2)ncn1. The summed E-state index contributed by atoms with van der Waals surface area (Å²) in [5.41, 5.74) is 3.26. The van der Waals surface area contributed by atoms with E-state index in [9.17, 15) is 0 Å². The fraction of sp³-hybridized carbons (Fsp3) is 0.407. The van der Waals surface area contributed by atoms with E-state index in [0.29, 0.717) is 18.5 Å². The summed E-state index contributed by atoms with van der Waals surface area (Å²) in [6.07, 6.45) is 4.82. The molecular weight excluding hydrogens is 440 g/mol. The number of hydrogen-bond acceptors (Lipinski definition) is 8. The lowest BCUT2D eigenvalue weighted by molar-refractivity contribution is 0.157. The van der Waals surface area contributed by atoms with Gasteiger partial charge in [-0.2, -0.15) is 0 Å². The molecule has 2 fully saturated rings. The van der Waals surface area contributed by atoms with Crippen molar-refractivity contribution in [2.24, 2.45) is 0 Å². The quantitative estimate of drug-likeness (QED) is 0.531. The Hall–Kier alpha value is -3.36. The van der Waals surface area contributed by atoms with Crippen molar-refractivity contribution in [2.45, 2.75) is 31.3 Å². The molecule has 2 aliphatic rings. The second-order valence-electron chi connectivity index (χ2n) is 9.33. The molecule has 0 amide bonds. The highest BCUT2D eigenvalue weighted by Crippen LogP contribution is 2.36. The maximum absolute atomic E-state index is 5.94. The number of rotatable bonds is 7. The van der Waals surface area contributed by atoms with E-state index in [2.05, 4.69) is 81.6 Å². The molecule has 2 aromatic carbocycles. The van der Waals surface area contributed by atoms with Crippen molar-refractivity contribution < 1.29 is 9.57 Å². The number of ether oxygens (including phenoxy) is 1. The van der Waals surface area contributed by atoms with Crippen molar-refractivity contribution in [2.75, 3.05) is 56.2 Å².